The summed E-state index contributed by atoms with van der Waals surface area (Å²) in [5.41, 5.74) is 5.28. The first-order valence-corrected chi connectivity index (χ1v) is 27.2. The van der Waals surface area contributed by atoms with E-state index >= 15 is 0 Å². The van der Waals surface area contributed by atoms with Crippen LogP contribution in [0.2, 0.25) is 0 Å². The lowest BCUT2D eigenvalue weighted by molar-refractivity contribution is -0.138. The SMILES string of the molecule is CCOC(=O)C1=C(O)/C(=C/c2ccc(OCCOCCOCCOCCNC(=O)c3cc(N(C)C(=O)N(C)c4ccc(C5=NCCN5)cc4)cc(N(C)C(=O)N(C)c4ccc(C5=NCCN5)cc4)c3)c(O)c2)SC1=Nc1ccccc1. The summed E-state index contributed by atoms with van der Waals surface area (Å²) in [5, 5.41) is 31.4. The molecule has 0 atom stereocenters. The van der Waals surface area contributed by atoms with Gasteiger partial charge in [0, 0.05) is 87.3 Å². The Morgan fingerprint density at radius 1 is 0.654 bits per heavy atom. The number of phenols is 1. The van der Waals surface area contributed by atoms with E-state index in [2.05, 4.69) is 30.9 Å². The van der Waals surface area contributed by atoms with Crippen molar-refractivity contribution in [1.82, 2.24) is 16.0 Å². The fourth-order valence-corrected chi connectivity index (χ4v) is 9.51. The number of carbonyl (C=O) groups is 4. The molecule has 5 aromatic carbocycles. The Hall–Kier alpha value is -8.70. The van der Waals surface area contributed by atoms with E-state index in [9.17, 15) is 29.4 Å². The molecule has 5 N–H and O–H groups in total. The number of urea groups is 2. The molecule has 3 heterocycles. The van der Waals surface area contributed by atoms with Crippen LogP contribution in [0.25, 0.3) is 6.08 Å². The quantitative estimate of drug-likeness (QED) is 0.0297. The number of aliphatic hydroxyl groups is 1. The number of thioether (sulfide) groups is 1. The van der Waals surface area contributed by atoms with E-state index in [4.69, 9.17) is 23.7 Å². The Kier molecular flexibility index (Phi) is 20.5. The number of amidine groups is 2. The lowest BCUT2D eigenvalue weighted by Gasteiger charge is -2.28. The van der Waals surface area contributed by atoms with E-state index in [0.29, 0.717) is 63.6 Å². The van der Waals surface area contributed by atoms with Gasteiger partial charge < -0.3 is 49.8 Å². The number of aliphatic imine (C=N–C) groups is 3. The monoisotopic (exact) mass is 1120 g/mol. The van der Waals surface area contributed by atoms with Crippen LogP contribution in [-0.2, 0) is 23.7 Å². The second kappa shape index (κ2) is 28.4. The molecule has 0 fully saturated rings. The standard InChI is InChI=1S/C59H66N10O11S/c1-6-79-57(73)51-52(71)50(81-56(51)65-43-10-8-7-9-11-43)35-39-12-21-49(48(70)34-39)80-33-32-78-31-30-77-29-28-76-27-26-64-55(72)42-36-46(68(4)58(74)66(2)44-17-13-40(14-18-44)53-60-22-23-61-53)38-47(37-42)69(5)59(75)67(3)45-19-15-41(16-20-45)54-62-24-25-63-54/h7-21,34-38,70-71H,6,22-33H2,1-5H3,(H,60,61)(H,62,63)(H,64,72)/b50-35-,65-56?. The van der Waals surface area contributed by atoms with Crippen LogP contribution in [-0.4, -0.2) is 165 Å². The maximum atomic E-state index is 14.0. The van der Waals surface area contributed by atoms with Gasteiger partial charge in [0.1, 0.15) is 34.7 Å². The van der Waals surface area contributed by atoms with Gasteiger partial charge in [0.05, 0.1) is 69.9 Å². The Morgan fingerprint density at radius 2 is 1.19 bits per heavy atom. The molecule has 8 rings (SSSR count). The third-order valence-corrected chi connectivity index (χ3v) is 13.9. The van der Waals surface area contributed by atoms with Gasteiger partial charge in [0.25, 0.3) is 5.91 Å². The third-order valence-electron chi connectivity index (χ3n) is 12.9. The van der Waals surface area contributed by atoms with Crippen molar-refractivity contribution in [3.8, 4) is 11.5 Å². The molecule has 21 nitrogen and oxygen atoms in total. The summed E-state index contributed by atoms with van der Waals surface area (Å²) in [6, 6.07) is 33.0. The van der Waals surface area contributed by atoms with Crippen molar-refractivity contribution in [2.75, 3.05) is 133 Å². The smallest absolute Gasteiger partial charge is 0.344 e. The van der Waals surface area contributed by atoms with Crippen molar-refractivity contribution in [3.63, 3.8) is 0 Å². The first-order valence-electron chi connectivity index (χ1n) is 26.4. The minimum atomic E-state index is -0.684. The predicted octanol–water partition coefficient (Wildman–Crippen LogP) is 7.53. The van der Waals surface area contributed by atoms with Crippen molar-refractivity contribution < 1.29 is 53.1 Å². The van der Waals surface area contributed by atoms with Gasteiger partial charge in [-0.05, 0) is 110 Å². The molecule has 0 aliphatic carbocycles. The number of amides is 5. The average Bonchev–Trinajstić information content (AvgIpc) is 4.50. The lowest BCUT2D eigenvalue weighted by atomic mass is 10.1. The Balaban J connectivity index is 0.778. The number of phenolic OH excluding ortho intramolecular Hbond substituents is 1. The molecule has 81 heavy (non-hydrogen) atoms. The first kappa shape index (κ1) is 58.4. The maximum absolute atomic E-state index is 14.0. The van der Waals surface area contributed by atoms with E-state index < -0.39 is 11.9 Å². The van der Waals surface area contributed by atoms with Gasteiger partial charge in [-0.3, -0.25) is 34.4 Å². The summed E-state index contributed by atoms with van der Waals surface area (Å²) >= 11 is 1.12. The zero-order valence-electron chi connectivity index (χ0n) is 45.8. The molecule has 0 aromatic heterocycles. The average molecular weight is 1120 g/mol. The van der Waals surface area contributed by atoms with E-state index in [1.807, 2.05) is 66.7 Å². The Morgan fingerprint density at radius 3 is 1.70 bits per heavy atom. The van der Waals surface area contributed by atoms with E-state index in [-0.39, 0.29) is 93.2 Å². The molecule has 0 spiro atoms. The molecule has 0 saturated heterocycles. The number of anilines is 4. The number of nitrogens with one attached hydrogen (secondary N) is 3. The van der Waals surface area contributed by atoms with E-state index in [1.165, 1.54) is 25.7 Å². The summed E-state index contributed by atoms with van der Waals surface area (Å²) in [4.78, 5) is 74.3. The molecule has 0 saturated carbocycles. The van der Waals surface area contributed by atoms with Gasteiger partial charge >= 0.3 is 18.0 Å². The Labute approximate surface area is 474 Å². The number of carbonyl (C=O) groups excluding carboxylic acids is 4. The zero-order valence-corrected chi connectivity index (χ0v) is 46.7. The molecule has 0 radical (unpaired) electrons. The summed E-state index contributed by atoms with van der Waals surface area (Å²) < 4.78 is 27.9. The summed E-state index contributed by atoms with van der Waals surface area (Å²) in [6.07, 6.45) is 1.63. The number of benzene rings is 5. The van der Waals surface area contributed by atoms with Crippen LogP contribution in [0.3, 0.4) is 0 Å². The van der Waals surface area contributed by atoms with E-state index in [0.717, 1.165) is 47.6 Å². The van der Waals surface area contributed by atoms with Crippen LogP contribution < -0.4 is 40.3 Å². The molecule has 5 aromatic rings. The molecule has 3 aliphatic heterocycles. The fourth-order valence-electron chi connectivity index (χ4n) is 8.47. The number of ether oxygens (including phenoxy) is 5. The largest absolute Gasteiger partial charge is 0.506 e. The molecule has 424 valence electrons. The molecule has 22 heteroatoms. The topological polar surface area (TPSA) is 241 Å². The highest BCUT2D eigenvalue weighted by Gasteiger charge is 2.33. The summed E-state index contributed by atoms with van der Waals surface area (Å²) in [7, 11) is 6.57. The van der Waals surface area contributed by atoms with Crippen molar-refractivity contribution in [3.05, 3.63) is 154 Å². The number of aromatic hydroxyl groups is 1. The third kappa shape index (κ3) is 15.4. The van der Waals surface area contributed by atoms with Crippen LogP contribution in [0, 0.1) is 0 Å². The van der Waals surface area contributed by atoms with Crippen molar-refractivity contribution in [2.45, 2.75) is 6.92 Å². The van der Waals surface area contributed by atoms with E-state index in [1.54, 1.807) is 83.7 Å². The number of aliphatic hydroxyl groups excluding tert-OH is 1. The number of nitrogens with zero attached hydrogens (tertiary/aromatic N) is 7. The summed E-state index contributed by atoms with van der Waals surface area (Å²) in [6.45, 7) is 6.66. The van der Waals surface area contributed by atoms with Gasteiger partial charge in [-0.15, -0.1) is 0 Å². The lowest BCUT2D eigenvalue weighted by Crippen LogP contribution is -2.40. The molecule has 5 amide bonds. The van der Waals surface area contributed by atoms with Crippen molar-refractivity contribution >= 4 is 86.9 Å². The fraction of sp³-hybridized carbons (Fsp3) is 0.305. The van der Waals surface area contributed by atoms with Crippen LogP contribution in [0.4, 0.5) is 38.0 Å². The Bertz CT molecular complexity index is 3100. The number of hydrogen-bond donors (Lipinski definition) is 5. The maximum Gasteiger partial charge on any atom is 0.344 e. The van der Waals surface area contributed by atoms with Gasteiger partial charge in [0.2, 0.25) is 0 Å². The van der Waals surface area contributed by atoms with Crippen LogP contribution in [0.15, 0.2) is 146 Å². The molecular formula is C59H66N10O11S. The number of hydrogen-bond acceptors (Lipinski definition) is 17. The zero-order chi connectivity index (χ0) is 57.3. The minimum Gasteiger partial charge on any atom is -0.506 e. The van der Waals surface area contributed by atoms with Crippen LogP contribution in [0.1, 0.15) is 34.0 Å². The van der Waals surface area contributed by atoms with Crippen molar-refractivity contribution in [2.24, 2.45) is 15.0 Å². The molecule has 0 unspecified atom stereocenters. The predicted molar refractivity (Wildman–Crippen MR) is 316 cm³/mol. The second-order valence-electron chi connectivity index (χ2n) is 18.4. The molecular weight excluding hydrogens is 1060 g/mol. The highest BCUT2D eigenvalue weighted by Crippen LogP contribution is 2.41. The summed E-state index contributed by atoms with van der Waals surface area (Å²) in [5.74, 6) is 0.372. The van der Waals surface area contributed by atoms with Gasteiger partial charge in [-0.25, -0.2) is 19.4 Å². The normalized spacial score (nSPS) is 14.7. The van der Waals surface area contributed by atoms with Crippen molar-refractivity contribution in [1.29, 1.82) is 0 Å². The van der Waals surface area contributed by atoms with Crippen LogP contribution in [0.5, 0.6) is 11.5 Å². The number of para-hydroxylation sites is 1. The first-order chi connectivity index (χ1) is 39.3. The second-order valence-corrected chi connectivity index (χ2v) is 19.5. The van der Waals surface area contributed by atoms with Gasteiger partial charge in [-0.2, -0.15) is 0 Å². The molecule has 3 aliphatic rings. The van der Waals surface area contributed by atoms with Crippen LogP contribution >= 0.6 is 11.8 Å². The van der Waals surface area contributed by atoms with Gasteiger partial charge in [0.15, 0.2) is 11.5 Å². The number of rotatable bonds is 24. The molecule has 0 bridgehead atoms. The van der Waals surface area contributed by atoms with Gasteiger partial charge in [-0.1, -0.05) is 36.0 Å². The minimum absolute atomic E-state index is 0.0256. The number of esters is 1. The highest BCUT2D eigenvalue weighted by molar-refractivity contribution is 8.18. The highest BCUT2D eigenvalue weighted by atomic mass is 32.2.